The van der Waals surface area contributed by atoms with Crippen LogP contribution in [0.25, 0.3) is 30.9 Å². The number of aromatic nitrogens is 3. The van der Waals surface area contributed by atoms with Crippen molar-refractivity contribution in [3.8, 4) is 16.2 Å². The van der Waals surface area contributed by atoms with Gasteiger partial charge in [0.25, 0.3) is 0 Å². The number of hydrogen-bond donors (Lipinski definition) is 1. The molecule has 0 unspecified atom stereocenters. The number of thiophene rings is 1. The van der Waals surface area contributed by atoms with Crippen LogP contribution < -0.4 is 10.1 Å². The van der Waals surface area contributed by atoms with Gasteiger partial charge in [0.15, 0.2) is 0 Å². The first kappa shape index (κ1) is 16.2. The third-order valence-electron chi connectivity index (χ3n) is 4.28. The summed E-state index contributed by atoms with van der Waals surface area (Å²) >= 11 is 3.28. The van der Waals surface area contributed by atoms with Crippen molar-refractivity contribution in [2.75, 3.05) is 12.4 Å². The molecule has 0 saturated heterocycles. The van der Waals surface area contributed by atoms with E-state index in [1.807, 2.05) is 35.8 Å². The van der Waals surface area contributed by atoms with Gasteiger partial charge in [0.2, 0.25) is 0 Å². The van der Waals surface area contributed by atoms with Crippen molar-refractivity contribution in [1.29, 1.82) is 0 Å². The Balaban J connectivity index is 1.55. The summed E-state index contributed by atoms with van der Waals surface area (Å²) in [4.78, 5) is 15.3. The molecule has 5 nitrogen and oxygen atoms in total. The summed E-state index contributed by atoms with van der Waals surface area (Å²) in [6.07, 6.45) is 1.60. The van der Waals surface area contributed by atoms with Crippen LogP contribution in [0.4, 0.5) is 11.5 Å². The van der Waals surface area contributed by atoms with E-state index >= 15 is 0 Å². The monoisotopic (exact) mass is 390 g/mol. The summed E-state index contributed by atoms with van der Waals surface area (Å²) in [6.45, 7) is 0. The number of thiazole rings is 1. The zero-order valence-corrected chi connectivity index (χ0v) is 16.0. The molecule has 0 spiro atoms. The fourth-order valence-electron chi connectivity index (χ4n) is 2.95. The van der Waals surface area contributed by atoms with E-state index in [0.717, 1.165) is 43.4 Å². The van der Waals surface area contributed by atoms with E-state index in [-0.39, 0.29) is 0 Å². The minimum atomic E-state index is 0.792. The highest BCUT2D eigenvalue weighted by molar-refractivity contribution is 7.22. The van der Waals surface area contributed by atoms with Gasteiger partial charge in [-0.3, -0.25) is 0 Å². The molecule has 5 aromatic rings. The minimum Gasteiger partial charge on any atom is -0.497 e. The molecule has 0 aliphatic heterocycles. The third kappa shape index (κ3) is 3.01. The molecular formula is C20H14N4OS2. The van der Waals surface area contributed by atoms with E-state index in [9.17, 15) is 0 Å². The summed E-state index contributed by atoms with van der Waals surface area (Å²) < 4.78 is 6.51. The summed E-state index contributed by atoms with van der Waals surface area (Å²) in [6, 6.07) is 16.3. The average Bonchev–Trinajstić information content (AvgIpc) is 3.35. The highest BCUT2D eigenvalue weighted by atomic mass is 32.1. The van der Waals surface area contributed by atoms with Gasteiger partial charge in [0, 0.05) is 10.6 Å². The molecule has 132 valence electrons. The maximum absolute atomic E-state index is 5.34. The summed E-state index contributed by atoms with van der Waals surface area (Å²) in [7, 11) is 1.68. The predicted octanol–water partition coefficient (Wildman–Crippen LogP) is 5.72. The molecule has 3 heterocycles. The molecule has 7 heteroatoms. The van der Waals surface area contributed by atoms with Crippen molar-refractivity contribution >= 4 is 54.6 Å². The number of ether oxygens (including phenoxy) is 1. The van der Waals surface area contributed by atoms with E-state index in [1.54, 1.807) is 36.1 Å². The Kier molecular flexibility index (Phi) is 3.95. The Bertz CT molecular complexity index is 1260. The number of anilines is 2. The number of fused-ring (bicyclic) bond motifs is 2. The van der Waals surface area contributed by atoms with Gasteiger partial charge in [-0.25, -0.2) is 15.0 Å². The standard InChI is InChI=1S/C20H14N4OS2/c1-25-14-4-2-3-12(7-14)18-9-15-19(21-10-22-20(15)27-18)24-13-5-6-17-16(8-13)23-11-26-17/h2-11H,1H3,(H,21,22,24). The van der Waals surface area contributed by atoms with Crippen LogP contribution in [-0.2, 0) is 0 Å². The lowest BCUT2D eigenvalue weighted by Gasteiger charge is -2.06. The largest absolute Gasteiger partial charge is 0.497 e. The zero-order chi connectivity index (χ0) is 18.2. The van der Waals surface area contributed by atoms with Crippen molar-refractivity contribution in [3.05, 3.63) is 60.4 Å². The lowest BCUT2D eigenvalue weighted by atomic mass is 10.1. The van der Waals surface area contributed by atoms with Gasteiger partial charge in [-0.1, -0.05) is 12.1 Å². The molecule has 1 N–H and O–H groups in total. The highest BCUT2D eigenvalue weighted by Gasteiger charge is 2.11. The first-order chi connectivity index (χ1) is 13.3. The van der Waals surface area contributed by atoms with E-state index in [4.69, 9.17) is 4.74 Å². The molecule has 0 fully saturated rings. The lowest BCUT2D eigenvalue weighted by molar-refractivity contribution is 0.415. The van der Waals surface area contributed by atoms with Crippen LogP contribution in [-0.4, -0.2) is 22.1 Å². The van der Waals surface area contributed by atoms with Gasteiger partial charge in [0.05, 0.1) is 28.2 Å². The van der Waals surface area contributed by atoms with Gasteiger partial charge in [0.1, 0.15) is 22.7 Å². The van der Waals surface area contributed by atoms with Gasteiger partial charge in [-0.2, -0.15) is 0 Å². The average molecular weight is 390 g/mol. The number of nitrogens with zero attached hydrogens (tertiary/aromatic N) is 3. The Hall–Kier alpha value is -3.03. The SMILES string of the molecule is COc1cccc(-c2cc3c(Nc4ccc5scnc5c4)ncnc3s2)c1. The quantitative estimate of drug-likeness (QED) is 0.425. The molecule has 0 aliphatic rings. The Morgan fingerprint density at radius 3 is 2.89 bits per heavy atom. The zero-order valence-electron chi connectivity index (χ0n) is 14.3. The van der Waals surface area contributed by atoms with Gasteiger partial charge in [-0.15, -0.1) is 22.7 Å². The summed E-state index contributed by atoms with van der Waals surface area (Å²) in [5, 5.41) is 4.41. The molecule has 3 aromatic heterocycles. The second-order valence-corrected chi connectivity index (χ2v) is 7.86. The van der Waals surface area contributed by atoms with Crippen LogP contribution >= 0.6 is 22.7 Å². The first-order valence-corrected chi connectivity index (χ1v) is 9.99. The van der Waals surface area contributed by atoms with Crippen molar-refractivity contribution in [2.24, 2.45) is 0 Å². The van der Waals surface area contributed by atoms with Crippen LogP contribution in [0.3, 0.4) is 0 Å². The number of benzene rings is 2. The molecule has 0 saturated carbocycles. The molecule has 0 radical (unpaired) electrons. The van der Waals surface area contributed by atoms with E-state index in [0.29, 0.717) is 0 Å². The molecule has 5 rings (SSSR count). The third-order valence-corrected chi connectivity index (χ3v) is 6.18. The van der Waals surface area contributed by atoms with Crippen molar-refractivity contribution in [1.82, 2.24) is 15.0 Å². The second-order valence-electron chi connectivity index (χ2n) is 5.94. The van der Waals surface area contributed by atoms with E-state index < -0.39 is 0 Å². The van der Waals surface area contributed by atoms with E-state index in [2.05, 4.69) is 38.5 Å². The van der Waals surface area contributed by atoms with Crippen LogP contribution in [0.15, 0.2) is 60.4 Å². The van der Waals surface area contributed by atoms with Crippen molar-refractivity contribution < 1.29 is 4.74 Å². The van der Waals surface area contributed by atoms with Crippen molar-refractivity contribution in [2.45, 2.75) is 0 Å². The number of methoxy groups -OCH3 is 1. The number of rotatable bonds is 4. The fourth-order valence-corrected chi connectivity index (χ4v) is 4.60. The summed E-state index contributed by atoms with van der Waals surface area (Å²) in [5.74, 6) is 1.63. The molecule has 0 amide bonds. The van der Waals surface area contributed by atoms with Crippen LogP contribution in [0, 0.1) is 0 Å². The smallest absolute Gasteiger partial charge is 0.142 e. The van der Waals surface area contributed by atoms with Gasteiger partial charge >= 0.3 is 0 Å². The number of hydrogen-bond acceptors (Lipinski definition) is 7. The molecule has 0 aliphatic carbocycles. The second kappa shape index (κ2) is 6.61. The lowest BCUT2D eigenvalue weighted by Crippen LogP contribution is -1.94. The minimum absolute atomic E-state index is 0.792. The maximum atomic E-state index is 5.34. The van der Waals surface area contributed by atoms with Crippen LogP contribution in [0.1, 0.15) is 0 Å². The topological polar surface area (TPSA) is 59.9 Å². The Morgan fingerprint density at radius 1 is 1.00 bits per heavy atom. The van der Waals surface area contributed by atoms with E-state index in [1.165, 1.54) is 4.70 Å². The molecule has 27 heavy (non-hydrogen) atoms. The van der Waals surface area contributed by atoms with Crippen molar-refractivity contribution in [3.63, 3.8) is 0 Å². The summed E-state index contributed by atoms with van der Waals surface area (Å²) in [5.41, 5.74) is 4.91. The molecule has 0 bridgehead atoms. The normalized spacial score (nSPS) is 11.1. The molecular weight excluding hydrogens is 376 g/mol. The van der Waals surface area contributed by atoms with Crippen LogP contribution in [0.5, 0.6) is 5.75 Å². The Labute approximate surface area is 163 Å². The predicted molar refractivity (Wildman–Crippen MR) is 112 cm³/mol. The van der Waals surface area contributed by atoms with Crippen LogP contribution in [0.2, 0.25) is 0 Å². The van der Waals surface area contributed by atoms with Gasteiger partial charge in [-0.05, 0) is 42.0 Å². The maximum Gasteiger partial charge on any atom is 0.142 e. The Morgan fingerprint density at radius 2 is 1.96 bits per heavy atom. The molecule has 2 aromatic carbocycles. The first-order valence-electron chi connectivity index (χ1n) is 8.29. The highest BCUT2D eigenvalue weighted by Crippen LogP contribution is 2.37. The molecule has 0 atom stereocenters. The van der Waals surface area contributed by atoms with Gasteiger partial charge < -0.3 is 10.1 Å². The fraction of sp³-hybridized carbons (Fsp3) is 0.0500. The number of nitrogens with one attached hydrogen (secondary N) is 1.